The van der Waals surface area contributed by atoms with Crippen LogP contribution in [0.5, 0.6) is 11.8 Å². The molecule has 9 nitrogen and oxygen atoms in total. The molecule has 2 N–H and O–H groups in total. The fourth-order valence-electron chi connectivity index (χ4n) is 8.74. The summed E-state index contributed by atoms with van der Waals surface area (Å²) < 4.78 is 58.2. The van der Waals surface area contributed by atoms with E-state index in [1.54, 1.807) is 0 Å². The first-order chi connectivity index (χ1) is 24.3. The fourth-order valence-corrected chi connectivity index (χ4v) is 8.74. The molecule has 6 heterocycles. The van der Waals surface area contributed by atoms with Crippen LogP contribution in [0.3, 0.4) is 0 Å². The maximum absolute atomic E-state index is 17.0. The van der Waals surface area contributed by atoms with Crippen molar-refractivity contribution in [1.82, 2.24) is 25.2 Å². The van der Waals surface area contributed by atoms with Crippen LogP contribution in [0, 0.1) is 24.0 Å². The Balaban J connectivity index is 1.17. The van der Waals surface area contributed by atoms with E-state index >= 15 is 4.39 Å². The second kappa shape index (κ2) is 11.8. The Morgan fingerprint density at radius 3 is 2.84 bits per heavy atom. The molecule has 50 heavy (non-hydrogen) atoms. The maximum atomic E-state index is 17.0. The van der Waals surface area contributed by atoms with Crippen molar-refractivity contribution < 1.29 is 27.8 Å². The van der Waals surface area contributed by atoms with Gasteiger partial charge in [0.15, 0.2) is 5.82 Å². The zero-order chi connectivity index (χ0) is 34.2. The third-order valence-electron chi connectivity index (χ3n) is 11.2. The molecule has 2 bridgehead atoms. The van der Waals surface area contributed by atoms with Gasteiger partial charge >= 0.3 is 6.01 Å². The van der Waals surface area contributed by atoms with Gasteiger partial charge in [0, 0.05) is 42.8 Å². The molecule has 0 spiro atoms. The molecular formula is C38H37F3N6O3. The van der Waals surface area contributed by atoms with Crippen molar-refractivity contribution >= 4 is 27.5 Å². The van der Waals surface area contributed by atoms with Gasteiger partial charge in [-0.2, -0.15) is 9.97 Å². The quantitative estimate of drug-likeness (QED) is 0.225. The monoisotopic (exact) mass is 682 g/mol. The molecule has 1 saturated carbocycles. The van der Waals surface area contributed by atoms with Crippen LogP contribution in [0.2, 0.25) is 0 Å². The Labute approximate surface area is 287 Å². The zero-order valence-electron chi connectivity index (χ0n) is 27.5. The standard InChI is InChI=1S/C38H37F3N6O3/c1-2-27-30(40)7-4-23-12-25(48)13-28(31(23)27)33-32(41)34-29(16-42-33)35(46-18-24-8-10-37(19-46,45-24)20-49-26-5-6-26)44-36(43-34)50-21-38-9-3-11-47(38)17-22(14-38)15-39/h1,4,7,12-13,15-16,24,26,45,48H,3,5-6,8-11,14,17-21H2/b22-15+/t24?,37?,38-/m0/s1. The van der Waals surface area contributed by atoms with Crippen LogP contribution >= 0.6 is 0 Å². The summed E-state index contributed by atoms with van der Waals surface area (Å²) in [5, 5.41) is 15.5. The van der Waals surface area contributed by atoms with Gasteiger partial charge in [0.2, 0.25) is 0 Å². The molecule has 0 amide bonds. The number of halogens is 3. The third-order valence-corrected chi connectivity index (χ3v) is 11.2. The van der Waals surface area contributed by atoms with E-state index in [4.69, 9.17) is 20.9 Å². The van der Waals surface area contributed by atoms with Crippen LogP contribution in [0.15, 0.2) is 42.4 Å². The molecule has 2 aromatic heterocycles. The van der Waals surface area contributed by atoms with E-state index in [0.29, 0.717) is 61.7 Å². The van der Waals surface area contributed by atoms with E-state index in [1.807, 2.05) is 0 Å². The molecular weight excluding hydrogens is 645 g/mol. The predicted molar refractivity (Wildman–Crippen MR) is 183 cm³/mol. The molecule has 2 unspecified atom stereocenters. The topological polar surface area (TPSA) is 95.9 Å². The number of aromatic hydroxyl groups is 1. The predicted octanol–water partition coefficient (Wildman–Crippen LogP) is 5.77. The highest BCUT2D eigenvalue weighted by Gasteiger charge is 2.48. The minimum absolute atomic E-state index is 0.00717. The number of rotatable bonds is 8. The largest absolute Gasteiger partial charge is 0.508 e. The average Bonchev–Trinajstić information content (AvgIpc) is 3.67. The van der Waals surface area contributed by atoms with E-state index in [0.717, 1.165) is 50.6 Å². The average molecular weight is 683 g/mol. The molecule has 5 aliphatic rings. The summed E-state index contributed by atoms with van der Waals surface area (Å²) in [4.78, 5) is 18.5. The van der Waals surface area contributed by atoms with Crippen molar-refractivity contribution in [1.29, 1.82) is 0 Å². The highest BCUT2D eigenvalue weighted by Crippen LogP contribution is 2.43. The highest BCUT2D eigenvalue weighted by molar-refractivity contribution is 6.03. The lowest BCUT2D eigenvalue weighted by molar-refractivity contribution is 0.0606. The van der Waals surface area contributed by atoms with E-state index < -0.39 is 11.6 Å². The number of pyridine rings is 1. The normalized spacial score (nSPS) is 27.0. The van der Waals surface area contributed by atoms with Gasteiger partial charge in [-0.25, -0.2) is 13.2 Å². The number of anilines is 1. The number of benzene rings is 2. The lowest BCUT2D eigenvalue weighted by atomic mass is 9.94. The van der Waals surface area contributed by atoms with E-state index in [9.17, 15) is 13.9 Å². The van der Waals surface area contributed by atoms with Gasteiger partial charge < -0.3 is 24.8 Å². The summed E-state index contributed by atoms with van der Waals surface area (Å²) in [6, 6.07) is 5.69. The first kappa shape index (κ1) is 31.5. The third kappa shape index (κ3) is 5.25. The molecule has 3 atom stereocenters. The maximum Gasteiger partial charge on any atom is 0.319 e. The smallest absolute Gasteiger partial charge is 0.319 e. The lowest BCUT2D eigenvalue weighted by Gasteiger charge is -2.42. The van der Waals surface area contributed by atoms with Crippen molar-refractivity contribution in [3.05, 3.63) is 59.6 Å². The van der Waals surface area contributed by atoms with Crippen molar-refractivity contribution in [2.75, 3.05) is 44.3 Å². The minimum atomic E-state index is -0.774. The van der Waals surface area contributed by atoms with Gasteiger partial charge in [-0.15, -0.1) is 6.42 Å². The molecule has 4 saturated heterocycles. The van der Waals surface area contributed by atoms with Crippen LogP contribution in [-0.2, 0) is 4.74 Å². The number of nitrogens with zero attached hydrogens (tertiary/aromatic N) is 5. The first-order valence-electron chi connectivity index (χ1n) is 17.4. The number of hydrogen-bond donors (Lipinski definition) is 2. The Morgan fingerprint density at radius 1 is 1.14 bits per heavy atom. The van der Waals surface area contributed by atoms with Crippen molar-refractivity contribution in [2.24, 2.45) is 0 Å². The molecule has 2 aromatic carbocycles. The number of phenolic OH excluding ortho intramolecular Hbond substituents is 1. The van der Waals surface area contributed by atoms with Crippen LogP contribution in [0.4, 0.5) is 19.0 Å². The van der Waals surface area contributed by atoms with Crippen LogP contribution in [0.25, 0.3) is 32.9 Å². The summed E-state index contributed by atoms with van der Waals surface area (Å²) in [5.74, 6) is 1.32. The Bertz CT molecular complexity index is 2120. The number of fused-ring (bicyclic) bond motifs is 5. The van der Waals surface area contributed by atoms with Gasteiger partial charge in [-0.3, -0.25) is 9.88 Å². The second-order valence-corrected chi connectivity index (χ2v) is 14.7. The molecule has 258 valence electrons. The summed E-state index contributed by atoms with van der Waals surface area (Å²) in [7, 11) is 0. The van der Waals surface area contributed by atoms with E-state index in [-0.39, 0.29) is 63.2 Å². The summed E-state index contributed by atoms with van der Waals surface area (Å²) in [6.07, 6.45) is 14.7. The Kier molecular flexibility index (Phi) is 7.46. The molecule has 0 radical (unpaired) electrons. The Hall–Kier alpha value is -4.44. The SMILES string of the molecule is C#Cc1c(F)ccc2cc(O)cc(-c3ncc4c(N5CC6CCC(COC7CC7)(C5)N6)nc(OC[C@@]56CCCN5C/C(=C/F)C6)nc4c3F)c12. The van der Waals surface area contributed by atoms with Crippen LogP contribution in [-0.4, -0.2) is 87.6 Å². The number of phenols is 1. The van der Waals surface area contributed by atoms with Gasteiger partial charge in [0.05, 0.1) is 41.1 Å². The van der Waals surface area contributed by atoms with Crippen molar-refractivity contribution in [3.8, 4) is 35.4 Å². The number of terminal acetylenes is 1. The first-order valence-corrected chi connectivity index (χ1v) is 17.4. The Morgan fingerprint density at radius 2 is 2.02 bits per heavy atom. The van der Waals surface area contributed by atoms with Gasteiger partial charge in [0.25, 0.3) is 0 Å². The van der Waals surface area contributed by atoms with Crippen LogP contribution in [0.1, 0.15) is 50.5 Å². The van der Waals surface area contributed by atoms with Crippen LogP contribution < -0.4 is 15.0 Å². The fraction of sp³-hybridized carbons (Fsp3) is 0.447. The minimum Gasteiger partial charge on any atom is -0.508 e. The highest BCUT2D eigenvalue weighted by atomic mass is 19.1. The summed E-state index contributed by atoms with van der Waals surface area (Å²) in [5.41, 5.74) is 0.00540. The summed E-state index contributed by atoms with van der Waals surface area (Å²) in [6.45, 7) is 3.44. The molecule has 4 aromatic rings. The number of piperazine rings is 1. The number of hydrogen-bond acceptors (Lipinski definition) is 9. The second-order valence-electron chi connectivity index (χ2n) is 14.7. The van der Waals surface area contributed by atoms with E-state index in [2.05, 4.69) is 31.0 Å². The van der Waals surface area contributed by atoms with Gasteiger partial charge in [0.1, 0.15) is 35.2 Å². The summed E-state index contributed by atoms with van der Waals surface area (Å²) >= 11 is 0. The van der Waals surface area contributed by atoms with E-state index in [1.165, 1.54) is 30.5 Å². The molecule has 12 heteroatoms. The lowest BCUT2D eigenvalue weighted by Crippen LogP contribution is -2.62. The number of aromatic nitrogens is 3. The zero-order valence-corrected chi connectivity index (χ0v) is 27.5. The molecule has 5 fully saturated rings. The molecule has 4 aliphatic heterocycles. The van der Waals surface area contributed by atoms with Gasteiger partial charge in [-0.05, 0) is 80.6 Å². The number of nitrogens with one attached hydrogen (secondary N) is 1. The molecule has 1 aliphatic carbocycles. The van der Waals surface area contributed by atoms with Gasteiger partial charge in [-0.1, -0.05) is 12.0 Å². The van der Waals surface area contributed by atoms with Crippen molar-refractivity contribution in [3.63, 3.8) is 0 Å². The van der Waals surface area contributed by atoms with Crippen molar-refractivity contribution in [2.45, 2.75) is 68.2 Å². The number of ether oxygens (including phenoxy) is 2. The molecule has 9 rings (SSSR count).